The first kappa shape index (κ1) is 16.6. The molecule has 4 nitrogen and oxygen atoms in total. The fourth-order valence-electron chi connectivity index (χ4n) is 2.49. The van der Waals surface area contributed by atoms with Crippen molar-refractivity contribution in [3.63, 3.8) is 0 Å². The van der Waals surface area contributed by atoms with Crippen LogP contribution in [-0.2, 0) is 7.05 Å². The van der Waals surface area contributed by atoms with Gasteiger partial charge in [0.25, 0.3) is 5.91 Å². The smallest absolute Gasteiger partial charge is 0.253 e. The molecule has 1 amide bonds. The van der Waals surface area contributed by atoms with Crippen LogP contribution in [0.2, 0.25) is 10.0 Å². The average molecular weight is 360 g/mol. The number of amides is 1. The summed E-state index contributed by atoms with van der Waals surface area (Å²) in [5, 5.41) is 3.58. The van der Waals surface area contributed by atoms with Crippen LogP contribution in [0.5, 0.6) is 0 Å². The summed E-state index contributed by atoms with van der Waals surface area (Å²) in [7, 11) is 1.89. The normalized spacial score (nSPS) is 12.0. The summed E-state index contributed by atoms with van der Waals surface area (Å²) in [4.78, 5) is 17.1. The maximum Gasteiger partial charge on any atom is 0.253 e. The summed E-state index contributed by atoms with van der Waals surface area (Å²) in [6.45, 7) is 0. The Morgan fingerprint density at radius 2 is 1.88 bits per heavy atom. The average Bonchev–Trinajstić information content (AvgIpc) is 3.01. The van der Waals surface area contributed by atoms with Crippen molar-refractivity contribution in [2.24, 2.45) is 7.05 Å². The second-order valence-electron chi connectivity index (χ2n) is 5.31. The molecule has 0 fully saturated rings. The third kappa shape index (κ3) is 3.30. The van der Waals surface area contributed by atoms with Crippen LogP contribution in [0, 0.1) is 0 Å². The fraction of sp³-hybridized carbons (Fsp3) is 0.111. The molecule has 24 heavy (non-hydrogen) atoms. The largest absolute Gasteiger partial charge is 0.338 e. The molecule has 0 aliphatic carbocycles. The highest BCUT2D eigenvalue weighted by Crippen LogP contribution is 2.27. The summed E-state index contributed by atoms with van der Waals surface area (Å²) >= 11 is 12.2. The molecule has 0 radical (unpaired) electrons. The summed E-state index contributed by atoms with van der Waals surface area (Å²) < 4.78 is 1.87. The zero-order valence-electron chi connectivity index (χ0n) is 12.9. The van der Waals surface area contributed by atoms with E-state index in [-0.39, 0.29) is 10.9 Å². The highest BCUT2D eigenvalue weighted by molar-refractivity contribution is 6.43. The highest BCUT2D eigenvalue weighted by atomic mass is 35.5. The van der Waals surface area contributed by atoms with Gasteiger partial charge in [0.1, 0.15) is 11.9 Å². The van der Waals surface area contributed by atoms with Crippen LogP contribution < -0.4 is 5.32 Å². The van der Waals surface area contributed by atoms with Gasteiger partial charge in [-0.1, -0.05) is 59.6 Å². The van der Waals surface area contributed by atoms with Crippen molar-refractivity contribution in [2.75, 3.05) is 0 Å². The van der Waals surface area contributed by atoms with Gasteiger partial charge >= 0.3 is 0 Å². The van der Waals surface area contributed by atoms with Crippen LogP contribution in [0.25, 0.3) is 0 Å². The van der Waals surface area contributed by atoms with Gasteiger partial charge in [-0.15, -0.1) is 0 Å². The Labute approximate surface area is 150 Å². The zero-order chi connectivity index (χ0) is 17.1. The third-order valence-corrected chi connectivity index (χ3v) is 4.54. The van der Waals surface area contributed by atoms with Crippen LogP contribution in [-0.4, -0.2) is 15.5 Å². The topological polar surface area (TPSA) is 46.9 Å². The molecule has 0 spiro atoms. The zero-order valence-corrected chi connectivity index (χ0v) is 14.4. The number of benzene rings is 2. The molecular weight excluding hydrogens is 345 g/mol. The maximum absolute atomic E-state index is 12.7. The van der Waals surface area contributed by atoms with E-state index in [4.69, 9.17) is 23.2 Å². The molecular formula is C18H15Cl2N3O. The summed E-state index contributed by atoms with van der Waals surface area (Å²) in [5.74, 6) is 0.423. The van der Waals surface area contributed by atoms with Gasteiger partial charge in [0, 0.05) is 19.4 Å². The lowest BCUT2D eigenvalue weighted by Crippen LogP contribution is -2.31. The Balaban J connectivity index is 1.97. The lowest BCUT2D eigenvalue weighted by Gasteiger charge is -2.19. The molecule has 0 aliphatic rings. The van der Waals surface area contributed by atoms with E-state index in [2.05, 4.69) is 10.3 Å². The van der Waals surface area contributed by atoms with Crippen LogP contribution in [0.15, 0.2) is 60.9 Å². The lowest BCUT2D eigenvalue weighted by molar-refractivity contribution is 0.0941. The predicted octanol–water partition coefficient (Wildman–Crippen LogP) is 4.25. The minimum atomic E-state index is -0.395. The van der Waals surface area contributed by atoms with Crippen molar-refractivity contribution in [3.8, 4) is 0 Å². The first-order chi connectivity index (χ1) is 11.6. The van der Waals surface area contributed by atoms with Gasteiger partial charge in [0.05, 0.1) is 15.6 Å². The molecule has 3 aromatic rings. The van der Waals surface area contributed by atoms with Crippen molar-refractivity contribution in [3.05, 3.63) is 87.9 Å². The minimum absolute atomic E-state index is 0.239. The Kier molecular flexibility index (Phi) is 4.88. The second kappa shape index (κ2) is 7.07. The van der Waals surface area contributed by atoms with E-state index in [9.17, 15) is 4.79 Å². The Bertz CT molecular complexity index is 862. The van der Waals surface area contributed by atoms with Crippen molar-refractivity contribution in [1.29, 1.82) is 0 Å². The van der Waals surface area contributed by atoms with Crippen LogP contribution in [0.4, 0.5) is 0 Å². The van der Waals surface area contributed by atoms with Gasteiger partial charge in [-0.3, -0.25) is 4.79 Å². The quantitative estimate of drug-likeness (QED) is 0.756. The molecule has 0 saturated heterocycles. The number of rotatable bonds is 4. The number of hydrogen-bond donors (Lipinski definition) is 1. The molecule has 0 unspecified atom stereocenters. The molecule has 1 aromatic heterocycles. The van der Waals surface area contributed by atoms with E-state index >= 15 is 0 Å². The predicted molar refractivity (Wildman–Crippen MR) is 95.4 cm³/mol. The highest BCUT2D eigenvalue weighted by Gasteiger charge is 2.22. The number of halogens is 2. The summed E-state index contributed by atoms with van der Waals surface area (Å²) in [6.07, 6.45) is 3.54. The molecule has 122 valence electrons. The second-order valence-corrected chi connectivity index (χ2v) is 6.10. The molecule has 0 aliphatic heterocycles. The number of carbonyl (C=O) groups is 1. The maximum atomic E-state index is 12.7. The summed E-state index contributed by atoms with van der Waals surface area (Å²) in [5.41, 5.74) is 1.26. The van der Waals surface area contributed by atoms with Gasteiger partial charge in [0.15, 0.2) is 0 Å². The summed E-state index contributed by atoms with van der Waals surface area (Å²) in [6, 6.07) is 14.2. The van der Waals surface area contributed by atoms with E-state index in [1.807, 2.05) is 48.1 Å². The molecule has 1 N–H and O–H groups in total. The van der Waals surface area contributed by atoms with E-state index in [1.165, 1.54) is 0 Å². The van der Waals surface area contributed by atoms with E-state index in [0.29, 0.717) is 10.6 Å². The fourth-order valence-corrected chi connectivity index (χ4v) is 2.87. The molecule has 1 atom stereocenters. The SMILES string of the molecule is Cn1ccnc1[C@@H](NC(=O)c1cccc(Cl)c1Cl)c1ccccc1. The number of aryl methyl sites for hydroxylation is 1. The van der Waals surface area contributed by atoms with E-state index < -0.39 is 6.04 Å². The molecule has 0 saturated carbocycles. The molecule has 0 bridgehead atoms. The number of nitrogens with zero attached hydrogens (tertiary/aromatic N) is 2. The van der Waals surface area contributed by atoms with Gasteiger partial charge in [0.2, 0.25) is 0 Å². The van der Waals surface area contributed by atoms with Crippen LogP contribution in [0.1, 0.15) is 27.8 Å². The molecule has 1 heterocycles. The first-order valence-corrected chi connectivity index (χ1v) is 8.10. The van der Waals surface area contributed by atoms with Gasteiger partial charge in [-0.05, 0) is 17.7 Å². The van der Waals surface area contributed by atoms with Crippen LogP contribution in [0.3, 0.4) is 0 Å². The molecule has 6 heteroatoms. The van der Waals surface area contributed by atoms with E-state index in [1.54, 1.807) is 24.4 Å². The van der Waals surface area contributed by atoms with Crippen molar-refractivity contribution >= 4 is 29.1 Å². The van der Waals surface area contributed by atoms with Crippen LogP contribution >= 0.6 is 23.2 Å². The van der Waals surface area contributed by atoms with Gasteiger partial charge in [-0.2, -0.15) is 0 Å². The molecule has 3 rings (SSSR count). The standard InChI is InChI=1S/C18H15Cl2N3O/c1-23-11-10-21-17(23)16(12-6-3-2-4-7-12)22-18(24)13-8-5-9-14(19)15(13)20/h2-11,16H,1H3,(H,22,24)/t16-/m0/s1. The number of carbonyl (C=O) groups excluding carboxylic acids is 1. The van der Waals surface area contributed by atoms with Gasteiger partial charge in [-0.25, -0.2) is 4.98 Å². The van der Waals surface area contributed by atoms with Gasteiger partial charge < -0.3 is 9.88 Å². The number of nitrogens with one attached hydrogen (secondary N) is 1. The van der Waals surface area contributed by atoms with E-state index in [0.717, 1.165) is 11.4 Å². The minimum Gasteiger partial charge on any atom is -0.338 e. The Morgan fingerprint density at radius 3 is 2.54 bits per heavy atom. The molecule has 2 aromatic carbocycles. The van der Waals surface area contributed by atoms with Crippen molar-refractivity contribution in [2.45, 2.75) is 6.04 Å². The Morgan fingerprint density at radius 1 is 1.12 bits per heavy atom. The third-order valence-electron chi connectivity index (χ3n) is 3.72. The monoisotopic (exact) mass is 359 g/mol. The first-order valence-electron chi connectivity index (χ1n) is 7.35. The van der Waals surface area contributed by atoms with Crippen molar-refractivity contribution in [1.82, 2.24) is 14.9 Å². The number of aromatic nitrogens is 2. The Hall–Kier alpha value is -2.30. The number of imidazole rings is 1. The van der Waals surface area contributed by atoms with Crippen molar-refractivity contribution < 1.29 is 4.79 Å². The number of hydrogen-bond acceptors (Lipinski definition) is 2. The lowest BCUT2D eigenvalue weighted by atomic mass is 10.1.